The number of hydrogen-bond donors (Lipinski definition) is 1. The second kappa shape index (κ2) is 3.16. The summed E-state index contributed by atoms with van der Waals surface area (Å²) in [7, 11) is 0. The summed E-state index contributed by atoms with van der Waals surface area (Å²) in [6, 6.07) is 0.788. The molecule has 2 aromatic rings. The molecule has 0 aliphatic heterocycles. The van der Waals surface area contributed by atoms with Crippen molar-refractivity contribution >= 4 is 11.0 Å². The molecule has 0 fully saturated rings. The minimum Gasteiger partial charge on any atom is -0.334 e. The van der Waals surface area contributed by atoms with Gasteiger partial charge in [0.25, 0.3) is 0 Å². The summed E-state index contributed by atoms with van der Waals surface area (Å²) in [5, 5.41) is 0. The summed E-state index contributed by atoms with van der Waals surface area (Å²) in [4.78, 5) is 4.89. The fraction of sp³-hybridized carbons (Fsp3) is 0.222. The number of hydrogen-bond acceptors (Lipinski definition) is 1. The lowest BCUT2D eigenvalue weighted by Gasteiger charge is -1.98. The molecule has 1 aromatic heterocycles. The topological polar surface area (TPSA) is 28.7 Å². The first-order valence-corrected chi connectivity index (χ1v) is 4.22. The SMILES string of the molecule is Cc1c(F)cc2[nH]c(C(F)(F)F)nc2c1F. The number of aromatic nitrogens is 2. The van der Waals surface area contributed by atoms with Crippen LogP contribution >= 0.6 is 0 Å². The lowest BCUT2D eigenvalue weighted by Crippen LogP contribution is -2.06. The van der Waals surface area contributed by atoms with Gasteiger partial charge in [0, 0.05) is 11.6 Å². The molecule has 0 spiro atoms. The number of imidazole rings is 1. The fourth-order valence-corrected chi connectivity index (χ4v) is 1.31. The second-order valence-corrected chi connectivity index (χ2v) is 3.28. The molecular weight excluding hydrogens is 231 g/mol. The Morgan fingerprint density at radius 1 is 1.25 bits per heavy atom. The highest BCUT2D eigenvalue weighted by Gasteiger charge is 2.35. The van der Waals surface area contributed by atoms with E-state index in [2.05, 4.69) is 4.98 Å². The normalized spacial score (nSPS) is 12.4. The third-order valence-corrected chi connectivity index (χ3v) is 2.17. The van der Waals surface area contributed by atoms with Gasteiger partial charge >= 0.3 is 6.18 Å². The van der Waals surface area contributed by atoms with Crippen LogP contribution in [0.3, 0.4) is 0 Å². The van der Waals surface area contributed by atoms with Gasteiger partial charge in [0.2, 0.25) is 5.82 Å². The fourth-order valence-electron chi connectivity index (χ4n) is 1.31. The van der Waals surface area contributed by atoms with Gasteiger partial charge in [0.05, 0.1) is 5.52 Å². The molecular formula is C9H5F5N2. The number of nitrogens with zero attached hydrogens (tertiary/aromatic N) is 1. The number of halogens is 5. The smallest absolute Gasteiger partial charge is 0.334 e. The number of nitrogens with one attached hydrogen (secondary N) is 1. The third-order valence-electron chi connectivity index (χ3n) is 2.17. The maximum Gasteiger partial charge on any atom is 0.449 e. The van der Waals surface area contributed by atoms with Gasteiger partial charge in [-0.1, -0.05) is 0 Å². The van der Waals surface area contributed by atoms with E-state index in [1.807, 2.05) is 4.98 Å². The molecule has 0 amide bonds. The van der Waals surface area contributed by atoms with Crippen LogP contribution in [-0.2, 0) is 6.18 Å². The summed E-state index contributed by atoms with van der Waals surface area (Å²) in [6.07, 6.45) is -4.71. The highest BCUT2D eigenvalue weighted by Crippen LogP contribution is 2.30. The van der Waals surface area contributed by atoms with Gasteiger partial charge in [0.15, 0.2) is 5.82 Å². The Bertz CT molecular complexity index is 555. The number of H-pyrrole nitrogens is 1. The molecule has 0 radical (unpaired) electrons. The molecule has 7 heteroatoms. The Morgan fingerprint density at radius 3 is 2.44 bits per heavy atom. The van der Waals surface area contributed by atoms with Crippen molar-refractivity contribution in [1.29, 1.82) is 0 Å². The number of fused-ring (bicyclic) bond motifs is 1. The largest absolute Gasteiger partial charge is 0.449 e. The minimum atomic E-state index is -4.71. The van der Waals surface area contributed by atoms with Crippen LogP contribution in [0, 0.1) is 18.6 Å². The monoisotopic (exact) mass is 236 g/mol. The molecule has 1 N–H and O–H groups in total. The molecule has 0 saturated heterocycles. The van der Waals surface area contributed by atoms with Gasteiger partial charge < -0.3 is 4.98 Å². The van der Waals surface area contributed by atoms with Crippen LogP contribution in [0.2, 0.25) is 0 Å². The van der Waals surface area contributed by atoms with Crippen molar-refractivity contribution < 1.29 is 22.0 Å². The van der Waals surface area contributed by atoms with Gasteiger partial charge in [-0.15, -0.1) is 0 Å². The van der Waals surface area contributed by atoms with Gasteiger partial charge in [-0.3, -0.25) is 0 Å². The van der Waals surface area contributed by atoms with Crippen LogP contribution in [0.1, 0.15) is 11.4 Å². The van der Waals surface area contributed by atoms with Crippen LogP contribution in [0.15, 0.2) is 6.07 Å². The summed E-state index contributed by atoms with van der Waals surface area (Å²) < 4.78 is 63.2. The molecule has 0 bridgehead atoms. The Kier molecular flexibility index (Phi) is 2.14. The molecule has 1 heterocycles. The first kappa shape index (κ1) is 10.8. The zero-order chi connectivity index (χ0) is 12.1. The molecule has 16 heavy (non-hydrogen) atoms. The number of rotatable bonds is 0. The summed E-state index contributed by atoms with van der Waals surface area (Å²) >= 11 is 0. The third kappa shape index (κ3) is 1.52. The van der Waals surface area contributed by atoms with E-state index in [1.165, 1.54) is 0 Å². The molecule has 1 aromatic carbocycles. The quantitative estimate of drug-likeness (QED) is 0.699. The highest BCUT2D eigenvalue weighted by molar-refractivity contribution is 5.77. The van der Waals surface area contributed by atoms with Gasteiger partial charge in [0.1, 0.15) is 11.3 Å². The van der Waals surface area contributed by atoms with Crippen molar-refractivity contribution in [1.82, 2.24) is 9.97 Å². The predicted molar refractivity (Wildman–Crippen MR) is 45.7 cm³/mol. The Morgan fingerprint density at radius 2 is 1.88 bits per heavy atom. The average Bonchev–Trinajstić information content (AvgIpc) is 2.57. The minimum absolute atomic E-state index is 0.312. The molecule has 0 aliphatic rings. The zero-order valence-electron chi connectivity index (χ0n) is 7.91. The zero-order valence-corrected chi connectivity index (χ0v) is 7.91. The predicted octanol–water partition coefficient (Wildman–Crippen LogP) is 3.17. The van der Waals surface area contributed by atoms with Crippen molar-refractivity contribution in [3.05, 3.63) is 29.1 Å². The van der Waals surface area contributed by atoms with Crippen LogP contribution in [0.4, 0.5) is 22.0 Å². The van der Waals surface area contributed by atoms with E-state index in [0.29, 0.717) is 0 Å². The number of benzene rings is 1. The Hall–Kier alpha value is -1.66. The molecule has 2 nitrogen and oxygen atoms in total. The lowest BCUT2D eigenvalue weighted by molar-refractivity contribution is -0.144. The van der Waals surface area contributed by atoms with Gasteiger partial charge in [-0.05, 0) is 6.92 Å². The second-order valence-electron chi connectivity index (χ2n) is 3.28. The molecule has 0 atom stereocenters. The van der Waals surface area contributed by atoms with Crippen molar-refractivity contribution in [2.45, 2.75) is 13.1 Å². The highest BCUT2D eigenvalue weighted by atomic mass is 19.4. The maximum atomic E-state index is 13.4. The van der Waals surface area contributed by atoms with Crippen LogP contribution in [0.5, 0.6) is 0 Å². The van der Waals surface area contributed by atoms with E-state index in [9.17, 15) is 22.0 Å². The van der Waals surface area contributed by atoms with Gasteiger partial charge in [-0.25, -0.2) is 13.8 Å². The standard InChI is InChI=1S/C9H5F5N2/c1-3-4(10)2-5-7(6(3)11)16-8(15-5)9(12,13)14/h2H,1H3,(H,15,16). The summed E-state index contributed by atoms with van der Waals surface area (Å²) in [6.45, 7) is 1.13. The number of aromatic amines is 1. The molecule has 0 aliphatic carbocycles. The lowest BCUT2D eigenvalue weighted by atomic mass is 10.2. The van der Waals surface area contributed by atoms with Crippen LogP contribution < -0.4 is 0 Å². The summed E-state index contributed by atoms with van der Waals surface area (Å²) in [5.74, 6) is -3.34. The van der Waals surface area contributed by atoms with E-state index in [1.54, 1.807) is 0 Å². The summed E-state index contributed by atoms with van der Waals surface area (Å²) in [5.41, 5.74) is -1.17. The van der Waals surface area contributed by atoms with Gasteiger partial charge in [-0.2, -0.15) is 13.2 Å². The Balaban J connectivity index is 2.77. The Labute approximate surface area is 86.1 Å². The number of alkyl halides is 3. The van der Waals surface area contributed by atoms with E-state index < -0.39 is 29.2 Å². The van der Waals surface area contributed by atoms with Crippen LogP contribution in [0.25, 0.3) is 11.0 Å². The molecule has 2 rings (SSSR count). The van der Waals surface area contributed by atoms with E-state index >= 15 is 0 Å². The first-order valence-electron chi connectivity index (χ1n) is 4.22. The average molecular weight is 236 g/mol. The molecule has 0 unspecified atom stereocenters. The van der Waals surface area contributed by atoms with Crippen molar-refractivity contribution in [3.63, 3.8) is 0 Å². The maximum absolute atomic E-state index is 13.4. The van der Waals surface area contributed by atoms with Crippen molar-refractivity contribution in [2.75, 3.05) is 0 Å². The van der Waals surface area contributed by atoms with Crippen molar-refractivity contribution in [3.8, 4) is 0 Å². The van der Waals surface area contributed by atoms with E-state index in [4.69, 9.17) is 0 Å². The van der Waals surface area contributed by atoms with Crippen LogP contribution in [-0.4, -0.2) is 9.97 Å². The van der Waals surface area contributed by atoms with E-state index in [0.717, 1.165) is 13.0 Å². The first-order chi connectivity index (χ1) is 7.30. The van der Waals surface area contributed by atoms with E-state index in [-0.39, 0.29) is 11.1 Å². The molecule has 0 saturated carbocycles. The van der Waals surface area contributed by atoms with Crippen molar-refractivity contribution in [2.24, 2.45) is 0 Å². The molecule has 86 valence electrons.